The molecule has 0 aliphatic carbocycles. The summed E-state index contributed by atoms with van der Waals surface area (Å²) in [5, 5.41) is 7.59. The number of nitrogens with one attached hydrogen (secondary N) is 1. The Kier molecular flexibility index (Phi) is 4.03. The molecule has 2 aliphatic heterocycles. The van der Waals surface area contributed by atoms with E-state index < -0.39 is 0 Å². The van der Waals surface area contributed by atoms with Gasteiger partial charge in [-0.2, -0.15) is 5.10 Å². The third kappa shape index (κ3) is 2.86. The number of carbonyl (C=O) groups is 1. The molecule has 0 aromatic carbocycles. The Morgan fingerprint density at radius 3 is 3.15 bits per heavy atom. The minimum absolute atomic E-state index is 0.116. The molecule has 2 saturated heterocycles. The van der Waals surface area contributed by atoms with Gasteiger partial charge in [0.25, 0.3) is 5.91 Å². The Hall–Kier alpha value is -1.40. The number of nitrogens with zero attached hydrogens (tertiary/aromatic N) is 3. The maximum absolute atomic E-state index is 12.5. The summed E-state index contributed by atoms with van der Waals surface area (Å²) in [7, 11) is 0. The predicted octanol–water partition coefficient (Wildman–Crippen LogP) is 0.343. The van der Waals surface area contributed by atoms with Crippen LogP contribution in [-0.4, -0.2) is 59.5 Å². The number of likely N-dealkylation sites (tertiary alicyclic amines) is 1. The first-order chi connectivity index (χ1) is 9.74. The van der Waals surface area contributed by atoms with E-state index in [1.165, 1.54) is 0 Å². The van der Waals surface area contributed by atoms with E-state index in [1.54, 1.807) is 0 Å². The Morgan fingerprint density at radius 1 is 1.55 bits per heavy atom. The smallest absolute Gasteiger partial charge is 0.253 e. The summed E-state index contributed by atoms with van der Waals surface area (Å²) < 4.78 is 7.56. The van der Waals surface area contributed by atoms with Crippen molar-refractivity contribution in [1.29, 1.82) is 0 Å². The average molecular weight is 278 g/mol. The second-order valence-electron chi connectivity index (χ2n) is 5.64. The number of amides is 1. The minimum Gasteiger partial charge on any atom is -0.366 e. The van der Waals surface area contributed by atoms with Gasteiger partial charge in [0.2, 0.25) is 0 Å². The maximum Gasteiger partial charge on any atom is 0.253 e. The quantitative estimate of drug-likeness (QED) is 0.848. The topological polar surface area (TPSA) is 59.4 Å². The van der Waals surface area contributed by atoms with Crippen molar-refractivity contribution >= 4 is 5.91 Å². The number of piperidine rings is 1. The standard InChI is InChI=1S/C14H22N4O2/c1-11-7-16-18(9-11)12-3-2-5-17(10-12)14(19)13-8-15-4-6-20-13/h7,9,12-13,15H,2-6,8,10H2,1H3. The van der Waals surface area contributed by atoms with Crippen LogP contribution in [0.3, 0.4) is 0 Å². The van der Waals surface area contributed by atoms with Crippen LogP contribution in [0.4, 0.5) is 0 Å². The first-order valence-electron chi connectivity index (χ1n) is 7.36. The highest BCUT2D eigenvalue weighted by atomic mass is 16.5. The Morgan fingerprint density at radius 2 is 2.45 bits per heavy atom. The lowest BCUT2D eigenvalue weighted by atomic mass is 10.0. The van der Waals surface area contributed by atoms with Crippen molar-refractivity contribution in [2.45, 2.75) is 31.9 Å². The van der Waals surface area contributed by atoms with E-state index in [-0.39, 0.29) is 18.1 Å². The molecule has 0 bridgehead atoms. The summed E-state index contributed by atoms with van der Waals surface area (Å²) in [5.41, 5.74) is 1.16. The van der Waals surface area contributed by atoms with E-state index in [2.05, 4.69) is 16.6 Å². The lowest BCUT2D eigenvalue weighted by Crippen LogP contribution is -2.52. The molecule has 20 heavy (non-hydrogen) atoms. The van der Waals surface area contributed by atoms with E-state index in [0.717, 1.165) is 38.0 Å². The number of aryl methyl sites for hydroxylation is 1. The Balaban J connectivity index is 1.63. The van der Waals surface area contributed by atoms with Crippen molar-refractivity contribution < 1.29 is 9.53 Å². The van der Waals surface area contributed by atoms with Gasteiger partial charge < -0.3 is 15.0 Å². The van der Waals surface area contributed by atoms with Crippen molar-refractivity contribution in [1.82, 2.24) is 20.0 Å². The third-order valence-corrected chi connectivity index (χ3v) is 4.02. The number of carbonyl (C=O) groups excluding carboxylic acids is 1. The van der Waals surface area contributed by atoms with Crippen LogP contribution >= 0.6 is 0 Å². The van der Waals surface area contributed by atoms with Gasteiger partial charge in [-0.05, 0) is 25.3 Å². The van der Waals surface area contributed by atoms with Gasteiger partial charge in [0.15, 0.2) is 0 Å². The molecule has 0 radical (unpaired) electrons. The van der Waals surface area contributed by atoms with Gasteiger partial charge in [0, 0.05) is 32.4 Å². The van der Waals surface area contributed by atoms with Crippen LogP contribution in [0, 0.1) is 6.92 Å². The highest BCUT2D eigenvalue weighted by molar-refractivity contribution is 5.81. The molecule has 2 aliphatic rings. The molecule has 2 atom stereocenters. The molecule has 0 spiro atoms. The van der Waals surface area contributed by atoms with Crippen molar-refractivity contribution in [3.05, 3.63) is 18.0 Å². The molecule has 1 amide bonds. The minimum atomic E-state index is -0.318. The molecule has 3 heterocycles. The average Bonchev–Trinajstić information content (AvgIpc) is 2.94. The molecular weight excluding hydrogens is 256 g/mol. The maximum atomic E-state index is 12.5. The number of hydrogen-bond acceptors (Lipinski definition) is 4. The molecule has 6 nitrogen and oxygen atoms in total. The molecule has 3 rings (SSSR count). The van der Waals surface area contributed by atoms with Crippen LogP contribution in [-0.2, 0) is 9.53 Å². The van der Waals surface area contributed by atoms with Crippen LogP contribution in [0.5, 0.6) is 0 Å². The van der Waals surface area contributed by atoms with Crippen molar-refractivity contribution in [2.24, 2.45) is 0 Å². The van der Waals surface area contributed by atoms with Crippen LogP contribution in [0.25, 0.3) is 0 Å². The normalized spacial score (nSPS) is 27.6. The van der Waals surface area contributed by atoms with Gasteiger partial charge in [-0.3, -0.25) is 9.48 Å². The molecule has 1 aromatic heterocycles. The number of rotatable bonds is 2. The van der Waals surface area contributed by atoms with Crippen LogP contribution in [0.2, 0.25) is 0 Å². The molecule has 6 heteroatoms. The number of aromatic nitrogens is 2. The van der Waals surface area contributed by atoms with E-state index in [1.807, 2.05) is 22.7 Å². The summed E-state index contributed by atoms with van der Waals surface area (Å²) in [4.78, 5) is 14.4. The first-order valence-corrected chi connectivity index (χ1v) is 7.36. The van der Waals surface area contributed by atoms with E-state index >= 15 is 0 Å². The molecule has 1 N–H and O–H groups in total. The van der Waals surface area contributed by atoms with Gasteiger partial charge in [-0.15, -0.1) is 0 Å². The van der Waals surface area contributed by atoms with Gasteiger partial charge in [0.05, 0.1) is 18.8 Å². The highest BCUT2D eigenvalue weighted by Gasteiger charge is 2.31. The van der Waals surface area contributed by atoms with Gasteiger partial charge in [-0.25, -0.2) is 0 Å². The van der Waals surface area contributed by atoms with Crippen molar-refractivity contribution in [3.8, 4) is 0 Å². The zero-order valence-electron chi connectivity index (χ0n) is 11.9. The molecule has 0 saturated carbocycles. The summed E-state index contributed by atoms with van der Waals surface area (Å²) in [6.07, 6.45) is 5.71. The number of ether oxygens (including phenoxy) is 1. The Labute approximate surface area is 119 Å². The van der Waals surface area contributed by atoms with Crippen LogP contribution < -0.4 is 5.32 Å². The van der Waals surface area contributed by atoms with Crippen LogP contribution in [0.1, 0.15) is 24.4 Å². The predicted molar refractivity (Wildman–Crippen MR) is 74.4 cm³/mol. The molecular formula is C14H22N4O2. The van der Waals surface area contributed by atoms with Gasteiger partial charge >= 0.3 is 0 Å². The molecule has 2 fully saturated rings. The summed E-state index contributed by atoms with van der Waals surface area (Å²) in [6.45, 7) is 5.68. The van der Waals surface area contributed by atoms with Gasteiger partial charge in [-0.1, -0.05) is 0 Å². The molecule has 1 aromatic rings. The zero-order valence-corrected chi connectivity index (χ0v) is 11.9. The van der Waals surface area contributed by atoms with E-state index in [0.29, 0.717) is 13.2 Å². The van der Waals surface area contributed by atoms with E-state index in [4.69, 9.17) is 4.74 Å². The first kappa shape index (κ1) is 13.6. The molecule has 110 valence electrons. The second-order valence-corrected chi connectivity index (χ2v) is 5.64. The second kappa shape index (κ2) is 5.93. The van der Waals surface area contributed by atoms with Crippen molar-refractivity contribution in [2.75, 3.05) is 32.8 Å². The number of morpholine rings is 1. The monoisotopic (exact) mass is 278 g/mol. The summed E-state index contributed by atoms with van der Waals surface area (Å²) >= 11 is 0. The lowest BCUT2D eigenvalue weighted by molar-refractivity contribution is -0.146. The largest absolute Gasteiger partial charge is 0.366 e. The lowest BCUT2D eigenvalue weighted by Gasteiger charge is -2.35. The van der Waals surface area contributed by atoms with Crippen LogP contribution in [0.15, 0.2) is 12.4 Å². The highest BCUT2D eigenvalue weighted by Crippen LogP contribution is 2.22. The number of hydrogen-bond donors (Lipinski definition) is 1. The summed E-state index contributed by atoms with van der Waals surface area (Å²) in [6, 6.07) is 0.290. The van der Waals surface area contributed by atoms with E-state index in [9.17, 15) is 4.79 Å². The molecule has 2 unspecified atom stereocenters. The zero-order chi connectivity index (χ0) is 13.9. The van der Waals surface area contributed by atoms with Crippen molar-refractivity contribution in [3.63, 3.8) is 0 Å². The fraction of sp³-hybridized carbons (Fsp3) is 0.714. The SMILES string of the molecule is Cc1cnn(C2CCCN(C(=O)C3CNCCO3)C2)c1. The Bertz CT molecular complexity index is 467. The summed E-state index contributed by atoms with van der Waals surface area (Å²) in [5.74, 6) is 0.116. The fourth-order valence-corrected chi connectivity index (χ4v) is 2.93. The van der Waals surface area contributed by atoms with Gasteiger partial charge in [0.1, 0.15) is 6.10 Å². The third-order valence-electron chi connectivity index (χ3n) is 4.02. The fourth-order valence-electron chi connectivity index (χ4n) is 2.93.